The van der Waals surface area contributed by atoms with Gasteiger partial charge >= 0.3 is 0 Å². The van der Waals surface area contributed by atoms with Crippen molar-refractivity contribution < 1.29 is 5.48 Å². The molecule has 72 valence electrons. The van der Waals surface area contributed by atoms with E-state index in [-0.39, 0.29) is 5.48 Å². The second kappa shape index (κ2) is 10.4. The Balaban J connectivity index is 0. The van der Waals surface area contributed by atoms with E-state index in [4.69, 9.17) is 5.73 Å². The first-order valence-electron chi connectivity index (χ1n) is 4.38. The van der Waals surface area contributed by atoms with Gasteiger partial charge in [-0.3, -0.25) is 0 Å². The first-order valence-corrected chi connectivity index (χ1v) is 4.38. The summed E-state index contributed by atoms with van der Waals surface area (Å²) in [4.78, 5) is 0. The summed E-state index contributed by atoms with van der Waals surface area (Å²) in [6.07, 6.45) is 10.9. The van der Waals surface area contributed by atoms with Crippen LogP contribution in [0.4, 0.5) is 0 Å². The Kier molecular flexibility index (Phi) is 12.1. The smallest absolute Gasteiger partial charge is 0.0107 e. The van der Waals surface area contributed by atoms with E-state index in [1.54, 1.807) is 0 Å². The van der Waals surface area contributed by atoms with Gasteiger partial charge in [0.05, 0.1) is 0 Å². The highest BCUT2D eigenvalue weighted by Crippen LogP contribution is 2.06. The predicted octanol–water partition coefficient (Wildman–Crippen LogP) is 1.67. The standard InChI is InChI=1S/C10H19N.H2O/c1-3-5-7-10(4-2)8-6-9-11;/h5-8,10H,3-4,9,11H2,1-2H3;1H2. The molecule has 0 rings (SSSR count). The summed E-state index contributed by atoms with van der Waals surface area (Å²) in [7, 11) is 0. The minimum Gasteiger partial charge on any atom is -0.412 e. The van der Waals surface area contributed by atoms with E-state index in [9.17, 15) is 0 Å². The molecule has 0 aromatic carbocycles. The number of rotatable bonds is 5. The molecule has 12 heavy (non-hydrogen) atoms. The van der Waals surface area contributed by atoms with Crippen LogP contribution in [-0.2, 0) is 0 Å². The molecule has 0 aliphatic rings. The summed E-state index contributed by atoms with van der Waals surface area (Å²) in [6, 6.07) is 0. The number of hydrogen-bond acceptors (Lipinski definition) is 1. The maximum Gasteiger partial charge on any atom is 0.0107 e. The van der Waals surface area contributed by atoms with Crippen molar-refractivity contribution in [2.45, 2.75) is 26.7 Å². The van der Waals surface area contributed by atoms with Crippen LogP contribution in [-0.4, -0.2) is 12.0 Å². The van der Waals surface area contributed by atoms with Crippen molar-refractivity contribution in [2.24, 2.45) is 11.7 Å². The largest absolute Gasteiger partial charge is 0.412 e. The number of allylic oxidation sites excluding steroid dienone is 3. The van der Waals surface area contributed by atoms with Gasteiger partial charge in [-0.1, -0.05) is 38.2 Å². The Morgan fingerprint density at radius 2 is 1.75 bits per heavy atom. The molecule has 0 saturated carbocycles. The molecule has 4 N–H and O–H groups in total. The minimum absolute atomic E-state index is 0. The lowest BCUT2D eigenvalue weighted by atomic mass is 10.1. The summed E-state index contributed by atoms with van der Waals surface area (Å²) in [5.41, 5.74) is 5.35. The highest BCUT2D eigenvalue weighted by atomic mass is 16.0. The normalized spacial score (nSPS) is 13.6. The third-order valence-electron chi connectivity index (χ3n) is 1.61. The van der Waals surface area contributed by atoms with E-state index in [0.29, 0.717) is 12.5 Å². The zero-order valence-electron chi connectivity index (χ0n) is 8.09. The molecule has 1 unspecified atom stereocenters. The molecule has 0 aromatic rings. The summed E-state index contributed by atoms with van der Waals surface area (Å²) in [5, 5.41) is 0. The van der Waals surface area contributed by atoms with Crippen molar-refractivity contribution in [3.63, 3.8) is 0 Å². The fourth-order valence-corrected chi connectivity index (χ4v) is 0.901. The zero-order chi connectivity index (χ0) is 8.53. The van der Waals surface area contributed by atoms with Gasteiger partial charge in [-0.2, -0.15) is 0 Å². The maximum atomic E-state index is 5.35. The van der Waals surface area contributed by atoms with Gasteiger partial charge < -0.3 is 11.2 Å². The van der Waals surface area contributed by atoms with Crippen LogP contribution >= 0.6 is 0 Å². The predicted molar refractivity (Wildman–Crippen MR) is 55.0 cm³/mol. The van der Waals surface area contributed by atoms with Gasteiger partial charge in [0, 0.05) is 6.54 Å². The number of hydrogen-bond donors (Lipinski definition) is 1. The van der Waals surface area contributed by atoms with Crippen LogP contribution in [0.3, 0.4) is 0 Å². The number of nitrogens with two attached hydrogens (primary N) is 1. The van der Waals surface area contributed by atoms with Crippen LogP contribution in [0.25, 0.3) is 0 Å². The van der Waals surface area contributed by atoms with Crippen LogP contribution in [0.5, 0.6) is 0 Å². The maximum absolute atomic E-state index is 5.35. The molecule has 0 heterocycles. The van der Waals surface area contributed by atoms with Crippen LogP contribution in [0, 0.1) is 5.92 Å². The quantitative estimate of drug-likeness (QED) is 0.628. The molecule has 2 nitrogen and oxygen atoms in total. The fourth-order valence-electron chi connectivity index (χ4n) is 0.901. The van der Waals surface area contributed by atoms with Crippen molar-refractivity contribution in [3.8, 4) is 0 Å². The van der Waals surface area contributed by atoms with Crippen molar-refractivity contribution in [3.05, 3.63) is 24.3 Å². The van der Waals surface area contributed by atoms with E-state index in [0.717, 1.165) is 12.8 Å². The molecule has 0 aliphatic heterocycles. The minimum atomic E-state index is 0. The Morgan fingerprint density at radius 1 is 1.17 bits per heavy atom. The van der Waals surface area contributed by atoms with Crippen molar-refractivity contribution in [1.82, 2.24) is 0 Å². The molecule has 0 saturated heterocycles. The molecule has 0 fully saturated rings. The Labute approximate surface area is 75.5 Å². The first kappa shape index (κ1) is 14.0. The lowest BCUT2D eigenvalue weighted by Crippen LogP contribution is -1.95. The average Bonchev–Trinajstić information content (AvgIpc) is 2.05. The Morgan fingerprint density at radius 3 is 2.17 bits per heavy atom. The van der Waals surface area contributed by atoms with Crippen LogP contribution < -0.4 is 5.73 Å². The Bertz CT molecular complexity index is 116. The summed E-state index contributed by atoms with van der Waals surface area (Å²) in [5.74, 6) is 0.582. The molecule has 0 aliphatic carbocycles. The van der Waals surface area contributed by atoms with Crippen LogP contribution in [0.2, 0.25) is 0 Å². The van der Waals surface area contributed by atoms with Crippen LogP contribution in [0.1, 0.15) is 26.7 Å². The van der Waals surface area contributed by atoms with E-state index >= 15 is 0 Å². The summed E-state index contributed by atoms with van der Waals surface area (Å²) in [6.45, 7) is 4.98. The van der Waals surface area contributed by atoms with Gasteiger partial charge in [0.15, 0.2) is 0 Å². The van der Waals surface area contributed by atoms with Gasteiger partial charge in [0.25, 0.3) is 0 Å². The molecular weight excluding hydrogens is 150 g/mol. The molecule has 0 spiro atoms. The molecule has 2 heteroatoms. The van der Waals surface area contributed by atoms with Crippen molar-refractivity contribution in [1.29, 1.82) is 0 Å². The molecule has 0 amide bonds. The van der Waals surface area contributed by atoms with Crippen LogP contribution in [0.15, 0.2) is 24.3 Å². The summed E-state index contributed by atoms with van der Waals surface area (Å²) < 4.78 is 0. The van der Waals surface area contributed by atoms with Gasteiger partial charge in [-0.05, 0) is 18.8 Å². The second-order valence-corrected chi connectivity index (χ2v) is 2.57. The van der Waals surface area contributed by atoms with Gasteiger partial charge in [-0.25, -0.2) is 0 Å². The molecular formula is C10H21NO. The lowest BCUT2D eigenvalue weighted by molar-refractivity contribution is 0.768. The molecule has 0 aromatic heterocycles. The zero-order valence-corrected chi connectivity index (χ0v) is 8.09. The monoisotopic (exact) mass is 171 g/mol. The van der Waals surface area contributed by atoms with E-state index in [1.807, 2.05) is 6.08 Å². The highest BCUT2D eigenvalue weighted by molar-refractivity contribution is 5.00. The average molecular weight is 171 g/mol. The van der Waals surface area contributed by atoms with E-state index in [1.165, 1.54) is 0 Å². The van der Waals surface area contributed by atoms with Gasteiger partial charge in [-0.15, -0.1) is 0 Å². The third-order valence-corrected chi connectivity index (χ3v) is 1.61. The van der Waals surface area contributed by atoms with Gasteiger partial charge in [0.2, 0.25) is 0 Å². The topological polar surface area (TPSA) is 57.5 Å². The molecule has 0 bridgehead atoms. The van der Waals surface area contributed by atoms with Crippen molar-refractivity contribution >= 4 is 0 Å². The highest BCUT2D eigenvalue weighted by Gasteiger charge is 1.92. The van der Waals surface area contributed by atoms with Crippen molar-refractivity contribution in [2.75, 3.05) is 6.54 Å². The van der Waals surface area contributed by atoms with E-state index < -0.39 is 0 Å². The lowest BCUT2D eigenvalue weighted by Gasteiger charge is -2.01. The SMILES string of the molecule is CCC=CC(C=CCN)CC.O. The second-order valence-electron chi connectivity index (χ2n) is 2.57. The first-order chi connectivity index (χ1) is 5.35. The fraction of sp³-hybridized carbons (Fsp3) is 0.600. The third kappa shape index (κ3) is 7.51. The summed E-state index contributed by atoms with van der Waals surface area (Å²) >= 11 is 0. The Hall–Kier alpha value is -0.600. The molecule has 0 radical (unpaired) electrons. The molecule has 1 atom stereocenters. The van der Waals surface area contributed by atoms with E-state index in [2.05, 4.69) is 32.1 Å². The van der Waals surface area contributed by atoms with Gasteiger partial charge in [0.1, 0.15) is 0 Å².